The Kier molecular flexibility index (Phi) is 7.77. The van der Waals surface area contributed by atoms with Crippen molar-refractivity contribution in [2.24, 2.45) is 5.92 Å². The molecule has 1 amide bonds. The molecule has 14 heteroatoms. The number of hydrogen-bond acceptors (Lipinski definition) is 9. The number of thiophene rings is 1. The molecule has 4 atom stereocenters. The van der Waals surface area contributed by atoms with E-state index in [0.29, 0.717) is 35.9 Å². The van der Waals surface area contributed by atoms with Gasteiger partial charge in [-0.25, -0.2) is 9.48 Å². The van der Waals surface area contributed by atoms with Crippen LogP contribution in [0.3, 0.4) is 0 Å². The second kappa shape index (κ2) is 11.8. The second-order valence-corrected chi connectivity index (χ2v) is 16.4. The molecular weight excluding hydrogens is 682 g/mol. The summed E-state index contributed by atoms with van der Waals surface area (Å²) in [6, 6.07) is 10.6. The van der Waals surface area contributed by atoms with Crippen LogP contribution in [0.5, 0.6) is 0 Å². The lowest BCUT2D eigenvalue weighted by molar-refractivity contribution is -0.160. The monoisotopic (exact) mass is 718 g/mol. The largest absolute Gasteiger partial charge is 0.444 e. The van der Waals surface area contributed by atoms with Gasteiger partial charge in [-0.1, -0.05) is 0 Å². The van der Waals surface area contributed by atoms with E-state index in [0.717, 1.165) is 57.2 Å². The van der Waals surface area contributed by atoms with Gasteiger partial charge in [0, 0.05) is 53.1 Å². The zero-order valence-corrected chi connectivity index (χ0v) is 29.2. The number of amides is 1. The lowest BCUT2D eigenvalue weighted by Gasteiger charge is -2.38. The number of benzene rings is 1. The number of likely N-dealkylation sites (tertiary alicyclic amines) is 1. The van der Waals surface area contributed by atoms with Crippen LogP contribution < -0.4 is 10.5 Å². The van der Waals surface area contributed by atoms with E-state index < -0.39 is 34.9 Å². The number of aliphatic hydroxyl groups excluding tert-OH is 1. The summed E-state index contributed by atoms with van der Waals surface area (Å²) in [5.41, 5.74) is 1.71. The molecule has 5 heterocycles. The quantitative estimate of drug-likeness (QED) is 0.246. The molecule has 2 aliphatic heterocycles. The fourth-order valence-electron chi connectivity index (χ4n) is 7.97. The molecule has 0 radical (unpaired) electrons. The maximum atomic E-state index is 13.7. The first-order valence-corrected chi connectivity index (χ1v) is 18.0. The summed E-state index contributed by atoms with van der Waals surface area (Å²) < 4.78 is 48.8. The van der Waals surface area contributed by atoms with E-state index in [9.17, 15) is 33.1 Å². The number of aromatic nitrogens is 3. The molecule has 1 saturated heterocycles. The third-order valence-corrected chi connectivity index (χ3v) is 11.9. The van der Waals surface area contributed by atoms with E-state index in [2.05, 4.69) is 21.1 Å². The number of carbonyl (C=O) groups is 1. The lowest BCUT2D eigenvalue weighted by Crippen LogP contribution is -2.44. The van der Waals surface area contributed by atoms with Crippen molar-refractivity contribution in [2.75, 3.05) is 24.6 Å². The number of ether oxygens (including phenoxy) is 1. The van der Waals surface area contributed by atoms with Gasteiger partial charge in [-0.15, -0.1) is 11.3 Å². The SMILES string of the molecule is CC(C)(C)OC(=O)N1C[C@@H](N2C[C@H]3C[C@H]3c3cc(C#N)cc(-c4ccnc5cc(Cn6ncc(C7(C(F)(F)F)CC7)cc6=O)sc45)c32)C[C@@H]1CO. The zero-order chi connectivity index (χ0) is 36.0. The minimum atomic E-state index is -4.44. The summed E-state index contributed by atoms with van der Waals surface area (Å²) in [6.45, 7) is 6.50. The maximum Gasteiger partial charge on any atom is 0.410 e. The Morgan fingerprint density at radius 2 is 1.92 bits per heavy atom. The van der Waals surface area contributed by atoms with E-state index in [1.165, 1.54) is 16.0 Å². The van der Waals surface area contributed by atoms with Crippen LogP contribution in [-0.4, -0.2) is 74.4 Å². The van der Waals surface area contributed by atoms with Gasteiger partial charge in [-0.05, 0) is 93.7 Å². The predicted octanol–water partition coefficient (Wildman–Crippen LogP) is 6.33. The Balaban J connectivity index is 1.16. The van der Waals surface area contributed by atoms with Gasteiger partial charge in [0.05, 0.1) is 52.7 Å². The molecule has 10 nitrogen and oxygen atoms in total. The smallest absolute Gasteiger partial charge is 0.410 e. The number of carbonyl (C=O) groups excluding carboxylic acids is 1. The van der Waals surface area contributed by atoms with Gasteiger partial charge in [-0.2, -0.15) is 23.5 Å². The first-order valence-electron chi connectivity index (χ1n) is 17.2. The fraction of sp³-hybridized carbons (Fsp3) is 0.486. The number of alkyl halides is 3. The van der Waals surface area contributed by atoms with Crippen molar-refractivity contribution in [3.8, 4) is 17.2 Å². The fourth-order valence-corrected chi connectivity index (χ4v) is 9.09. The van der Waals surface area contributed by atoms with Crippen LogP contribution >= 0.6 is 11.3 Å². The first kappa shape index (κ1) is 33.7. The van der Waals surface area contributed by atoms with Gasteiger partial charge in [0.1, 0.15) is 5.60 Å². The Bertz CT molecular complexity index is 2160. The highest BCUT2D eigenvalue weighted by Gasteiger charge is 2.64. The average molecular weight is 719 g/mol. The molecule has 0 bridgehead atoms. The molecule has 2 aliphatic carbocycles. The number of nitriles is 1. The normalized spacial score (nSPS) is 23.5. The standard InChI is InChI=1S/C37H37F3N6O4S/c1-35(2,3)50-34(49)45-17-23(12-24(45)19-47)44-16-21-10-27(21)29-9-20(14-41)8-28(32(29)44)26-4-7-42-30-13-25(51-33(26)30)18-46-31(48)11-22(15-43-46)36(5-6-36)37(38,39)40/h4,7-9,11,13,15,21,23-24,27,47H,5-6,10,12,16-19H2,1-3H3/t21-,23+,24-,27-/m1/s1. The minimum Gasteiger partial charge on any atom is -0.444 e. The van der Waals surface area contributed by atoms with E-state index in [1.807, 2.05) is 45.0 Å². The predicted molar refractivity (Wildman–Crippen MR) is 185 cm³/mol. The average Bonchev–Trinajstić information content (AvgIpc) is 3.97. The Morgan fingerprint density at radius 3 is 2.59 bits per heavy atom. The molecule has 4 aliphatic rings. The first-order chi connectivity index (χ1) is 24.2. The van der Waals surface area contributed by atoms with Crippen molar-refractivity contribution in [3.63, 3.8) is 0 Å². The molecule has 8 rings (SSSR count). The van der Waals surface area contributed by atoms with Crippen molar-refractivity contribution in [1.29, 1.82) is 5.26 Å². The molecule has 1 N–H and O–H groups in total. The van der Waals surface area contributed by atoms with Crippen LogP contribution in [0.2, 0.25) is 0 Å². The molecule has 3 aromatic heterocycles. The topological polar surface area (TPSA) is 125 Å². The summed E-state index contributed by atoms with van der Waals surface area (Å²) in [6.07, 6.45) is -0.557. The van der Waals surface area contributed by atoms with E-state index >= 15 is 0 Å². The number of nitrogens with zero attached hydrogens (tertiary/aromatic N) is 6. The molecule has 1 aromatic carbocycles. The van der Waals surface area contributed by atoms with Crippen molar-refractivity contribution < 1.29 is 27.8 Å². The number of hydrogen-bond donors (Lipinski definition) is 1. The van der Waals surface area contributed by atoms with E-state index in [-0.39, 0.29) is 37.6 Å². The van der Waals surface area contributed by atoms with Crippen LogP contribution in [0.1, 0.15) is 73.9 Å². The number of anilines is 1. The molecule has 4 aromatic rings. The minimum absolute atomic E-state index is 0.0489. The van der Waals surface area contributed by atoms with Crippen molar-refractivity contribution in [2.45, 2.75) is 88.2 Å². The Labute approximate surface area is 296 Å². The Morgan fingerprint density at radius 1 is 1.14 bits per heavy atom. The number of halogens is 3. The molecule has 266 valence electrons. The van der Waals surface area contributed by atoms with Gasteiger partial charge >= 0.3 is 12.3 Å². The number of rotatable bonds is 6. The van der Waals surface area contributed by atoms with Crippen molar-refractivity contribution in [1.82, 2.24) is 19.7 Å². The van der Waals surface area contributed by atoms with Gasteiger partial charge in [-0.3, -0.25) is 9.78 Å². The van der Waals surface area contributed by atoms with Crippen LogP contribution in [0, 0.1) is 17.2 Å². The molecule has 0 spiro atoms. The van der Waals surface area contributed by atoms with Gasteiger partial charge in [0.25, 0.3) is 5.56 Å². The molecular formula is C37H37F3N6O4S. The van der Waals surface area contributed by atoms with Crippen LogP contribution in [0.15, 0.2) is 47.5 Å². The molecule has 0 unspecified atom stereocenters. The second-order valence-electron chi connectivity index (χ2n) is 15.3. The molecule has 51 heavy (non-hydrogen) atoms. The summed E-state index contributed by atoms with van der Waals surface area (Å²) >= 11 is 1.42. The van der Waals surface area contributed by atoms with Gasteiger partial charge in [0.2, 0.25) is 0 Å². The highest BCUT2D eigenvalue weighted by molar-refractivity contribution is 7.19. The van der Waals surface area contributed by atoms with Crippen LogP contribution in [0.4, 0.5) is 23.7 Å². The number of aliphatic hydroxyl groups is 1. The van der Waals surface area contributed by atoms with Crippen molar-refractivity contribution >= 4 is 33.3 Å². The van der Waals surface area contributed by atoms with E-state index in [1.54, 1.807) is 11.1 Å². The lowest BCUT2D eigenvalue weighted by atomic mass is 9.90. The van der Waals surface area contributed by atoms with Crippen LogP contribution in [-0.2, 0) is 16.7 Å². The third-order valence-electron chi connectivity index (χ3n) is 10.8. The third kappa shape index (κ3) is 5.84. The van der Waals surface area contributed by atoms with Crippen molar-refractivity contribution in [3.05, 3.63) is 74.6 Å². The van der Waals surface area contributed by atoms with Crippen LogP contribution in [0.25, 0.3) is 21.3 Å². The summed E-state index contributed by atoms with van der Waals surface area (Å²) in [5.74, 6) is 0.751. The highest BCUT2D eigenvalue weighted by atomic mass is 32.1. The summed E-state index contributed by atoms with van der Waals surface area (Å²) in [5, 5.41) is 24.5. The van der Waals surface area contributed by atoms with Gasteiger partial charge < -0.3 is 19.6 Å². The maximum absolute atomic E-state index is 13.7. The molecule has 2 saturated carbocycles. The zero-order valence-electron chi connectivity index (χ0n) is 28.4. The summed E-state index contributed by atoms with van der Waals surface area (Å²) in [7, 11) is 0. The van der Waals surface area contributed by atoms with E-state index in [4.69, 9.17) is 4.74 Å². The van der Waals surface area contributed by atoms with Gasteiger partial charge in [0.15, 0.2) is 0 Å². The molecule has 3 fully saturated rings. The Hall–Kier alpha value is -4.48. The number of pyridine rings is 1. The summed E-state index contributed by atoms with van der Waals surface area (Å²) in [4.78, 5) is 35.5. The highest BCUT2D eigenvalue weighted by Crippen LogP contribution is 2.59. The number of fused-ring (bicyclic) bond motifs is 4.